The summed E-state index contributed by atoms with van der Waals surface area (Å²) in [5.41, 5.74) is 0. The van der Waals surface area contributed by atoms with E-state index in [0.29, 0.717) is 29.8 Å². The minimum atomic E-state index is -0.606. The van der Waals surface area contributed by atoms with E-state index in [1.54, 1.807) is 24.3 Å². The average molecular weight is 286 g/mol. The van der Waals surface area contributed by atoms with Crippen LogP contribution in [0, 0.1) is 5.92 Å². The van der Waals surface area contributed by atoms with Crippen LogP contribution in [0.25, 0.3) is 0 Å². The number of hydrogen-bond acceptors (Lipinski definition) is 4. The number of hydrogen-bond donors (Lipinski definition) is 3. The summed E-state index contributed by atoms with van der Waals surface area (Å²) in [6, 6.07) is 7.07. The molecular formula is C14H20ClNO3. The van der Waals surface area contributed by atoms with E-state index in [4.69, 9.17) is 16.3 Å². The molecule has 19 heavy (non-hydrogen) atoms. The zero-order valence-electron chi connectivity index (χ0n) is 10.8. The lowest BCUT2D eigenvalue weighted by atomic mass is 10.2. The van der Waals surface area contributed by atoms with Crippen LogP contribution in [0.5, 0.6) is 5.75 Å². The summed E-state index contributed by atoms with van der Waals surface area (Å²) >= 11 is 5.83. The zero-order chi connectivity index (χ0) is 13.7. The van der Waals surface area contributed by atoms with Crippen molar-refractivity contribution in [2.24, 2.45) is 5.92 Å². The van der Waals surface area contributed by atoms with Gasteiger partial charge in [0.05, 0.1) is 6.10 Å². The molecule has 1 aromatic rings. The van der Waals surface area contributed by atoms with Crippen molar-refractivity contribution >= 4 is 11.6 Å². The molecule has 0 radical (unpaired) electrons. The first kappa shape index (κ1) is 14.6. The first-order valence-electron chi connectivity index (χ1n) is 6.60. The third-order valence-electron chi connectivity index (χ3n) is 3.14. The Balaban J connectivity index is 1.60. The maximum atomic E-state index is 9.74. The Bertz CT molecular complexity index is 398. The van der Waals surface area contributed by atoms with Gasteiger partial charge in [0.25, 0.3) is 0 Å². The van der Waals surface area contributed by atoms with Gasteiger partial charge < -0.3 is 20.3 Å². The standard InChI is InChI=1S/C14H20ClNO3/c15-11-2-1-3-13(6-11)19-9-12(17)7-16-8-14(18)10-4-5-10/h1-3,6,10,12,14,16-18H,4-5,7-9H2. The molecule has 106 valence electrons. The molecule has 2 rings (SSSR count). The van der Waals surface area contributed by atoms with Crippen molar-refractivity contribution in [2.75, 3.05) is 19.7 Å². The topological polar surface area (TPSA) is 61.7 Å². The molecule has 0 aliphatic heterocycles. The summed E-state index contributed by atoms with van der Waals surface area (Å²) in [5, 5.41) is 23.1. The van der Waals surface area contributed by atoms with E-state index in [-0.39, 0.29) is 12.7 Å². The van der Waals surface area contributed by atoms with Crippen molar-refractivity contribution in [1.29, 1.82) is 0 Å². The minimum absolute atomic E-state index is 0.201. The molecule has 0 bridgehead atoms. The van der Waals surface area contributed by atoms with Crippen molar-refractivity contribution < 1.29 is 14.9 Å². The lowest BCUT2D eigenvalue weighted by molar-refractivity contribution is 0.0966. The molecule has 1 aromatic carbocycles. The highest BCUT2D eigenvalue weighted by molar-refractivity contribution is 6.30. The van der Waals surface area contributed by atoms with Crippen LogP contribution in [0.15, 0.2) is 24.3 Å². The van der Waals surface area contributed by atoms with Crippen molar-refractivity contribution in [3.63, 3.8) is 0 Å². The quantitative estimate of drug-likeness (QED) is 0.676. The smallest absolute Gasteiger partial charge is 0.120 e. The zero-order valence-corrected chi connectivity index (χ0v) is 11.5. The van der Waals surface area contributed by atoms with E-state index in [1.165, 1.54) is 0 Å². The van der Waals surface area contributed by atoms with E-state index in [9.17, 15) is 10.2 Å². The Hall–Kier alpha value is -0.810. The summed E-state index contributed by atoms with van der Waals surface area (Å²) in [5.74, 6) is 1.09. The number of rotatable bonds is 8. The molecule has 4 nitrogen and oxygen atoms in total. The first-order valence-corrected chi connectivity index (χ1v) is 6.98. The van der Waals surface area contributed by atoms with Gasteiger partial charge in [-0.2, -0.15) is 0 Å². The molecule has 1 aliphatic rings. The van der Waals surface area contributed by atoms with Crippen molar-refractivity contribution in [1.82, 2.24) is 5.32 Å². The number of aliphatic hydroxyl groups is 2. The Morgan fingerprint density at radius 2 is 2.11 bits per heavy atom. The fourth-order valence-corrected chi connectivity index (χ4v) is 2.03. The molecule has 3 N–H and O–H groups in total. The molecule has 2 atom stereocenters. The van der Waals surface area contributed by atoms with E-state index in [0.717, 1.165) is 12.8 Å². The van der Waals surface area contributed by atoms with Crippen LogP contribution < -0.4 is 10.1 Å². The van der Waals surface area contributed by atoms with Gasteiger partial charge >= 0.3 is 0 Å². The molecule has 0 aromatic heterocycles. The largest absolute Gasteiger partial charge is 0.491 e. The summed E-state index contributed by atoms with van der Waals surface area (Å²) in [6.07, 6.45) is 1.33. The Morgan fingerprint density at radius 3 is 2.79 bits per heavy atom. The Labute approximate surface area is 118 Å². The van der Waals surface area contributed by atoms with Gasteiger partial charge in [0.15, 0.2) is 0 Å². The van der Waals surface area contributed by atoms with E-state index in [1.807, 2.05) is 0 Å². The van der Waals surface area contributed by atoms with Gasteiger partial charge in [0.1, 0.15) is 18.5 Å². The second-order valence-electron chi connectivity index (χ2n) is 4.99. The van der Waals surface area contributed by atoms with Gasteiger partial charge in [0.2, 0.25) is 0 Å². The number of aliphatic hydroxyl groups excluding tert-OH is 2. The maximum Gasteiger partial charge on any atom is 0.120 e. The monoisotopic (exact) mass is 285 g/mol. The lowest BCUT2D eigenvalue weighted by Gasteiger charge is -2.15. The molecule has 1 saturated carbocycles. The van der Waals surface area contributed by atoms with Crippen LogP contribution in [-0.2, 0) is 0 Å². The van der Waals surface area contributed by atoms with Crippen LogP contribution in [0.1, 0.15) is 12.8 Å². The van der Waals surface area contributed by atoms with E-state index >= 15 is 0 Å². The molecule has 0 spiro atoms. The van der Waals surface area contributed by atoms with Gasteiger partial charge in [-0.15, -0.1) is 0 Å². The lowest BCUT2D eigenvalue weighted by Crippen LogP contribution is -2.36. The normalized spacial score (nSPS) is 18.1. The number of benzene rings is 1. The predicted octanol–water partition coefficient (Wildman–Crippen LogP) is 1.44. The molecule has 1 aliphatic carbocycles. The average Bonchev–Trinajstić information content (AvgIpc) is 3.20. The number of nitrogens with one attached hydrogen (secondary N) is 1. The molecule has 0 saturated heterocycles. The highest BCUT2D eigenvalue weighted by Gasteiger charge is 2.29. The van der Waals surface area contributed by atoms with E-state index < -0.39 is 6.10 Å². The summed E-state index contributed by atoms with van der Waals surface area (Å²) < 4.78 is 5.43. The van der Waals surface area contributed by atoms with Crippen LogP contribution in [-0.4, -0.2) is 42.1 Å². The maximum absolute atomic E-state index is 9.74. The second-order valence-corrected chi connectivity index (χ2v) is 5.42. The number of halogens is 1. The van der Waals surface area contributed by atoms with Crippen LogP contribution in [0.2, 0.25) is 5.02 Å². The molecular weight excluding hydrogens is 266 g/mol. The predicted molar refractivity (Wildman–Crippen MR) is 74.6 cm³/mol. The third kappa shape index (κ3) is 5.37. The summed E-state index contributed by atoms with van der Waals surface area (Å²) in [4.78, 5) is 0. The fraction of sp³-hybridized carbons (Fsp3) is 0.571. The van der Waals surface area contributed by atoms with Crippen LogP contribution in [0.4, 0.5) is 0 Å². The second kappa shape index (κ2) is 7.10. The summed E-state index contributed by atoms with van der Waals surface area (Å²) in [6.45, 7) is 1.14. The van der Waals surface area contributed by atoms with Gasteiger partial charge in [-0.05, 0) is 37.0 Å². The van der Waals surface area contributed by atoms with Crippen LogP contribution >= 0.6 is 11.6 Å². The number of ether oxygens (including phenoxy) is 1. The molecule has 1 fully saturated rings. The molecule has 0 heterocycles. The third-order valence-corrected chi connectivity index (χ3v) is 3.37. The molecule has 5 heteroatoms. The minimum Gasteiger partial charge on any atom is -0.491 e. The van der Waals surface area contributed by atoms with Gasteiger partial charge in [0, 0.05) is 18.1 Å². The molecule has 2 unspecified atom stereocenters. The van der Waals surface area contributed by atoms with Crippen molar-refractivity contribution in [3.8, 4) is 5.75 Å². The van der Waals surface area contributed by atoms with Crippen LogP contribution in [0.3, 0.4) is 0 Å². The fourth-order valence-electron chi connectivity index (χ4n) is 1.85. The van der Waals surface area contributed by atoms with Gasteiger partial charge in [-0.1, -0.05) is 17.7 Å². The van der Waals surface area contributed by atoms with Gasteiger partial charge in [-0.25, -0.2) is 0 Å². The highest BCUT2D eigenvalue weighted by atomic mass is 35.5. The Morgan fingerprint density at radius 1 is 1.32 bits per heavy atom. The van der Waals surface area contributed by atoms with Crippen molar-refractivity contribution in [3.05, 3.63) is 29.3 Å². The van der Waals surface area contributed by atoms with Crippen molar-refractivity contribution in [2.45, 2.75) is 25.0 Å². The van der Waals surface area contributed by atoms with E-state index in [2.05, 4.69) is 5.32 Å². The summed E-state index contributed by atoms with van der Waals surface area (Å²) in [7, 11) is 0. The molecule has 0 amide bonds. The Kier molecular flexibility index (Phi) is 5.45. The SMILES string of the molecule is OC(CNCC(O)C1CC1)COc1cccc(Cl)c1. The highest BCUT2D eigenvalue weighted by Crippen LogP contribution is 2.32. The first-order chi connectivity index (χ1) is 9.15. The van der Waals surface area contributed by atoms with Gasteiger partial charge in [-0.3, -0.25) is 0 Å².